The predicted octanol–water partition coefficient (Wildman–Crippen LogP) is 4.75. The van der Waals surface area contributed by atoms with Gasteiger partial charge in [-0.05, 0) is 60.0 Å². The van der Waals surface area contributed by atoms with Crippen LogP contribution in [0.5, 0.6) is 5.75 Å². The molecular formula is C20H13FN2O3S. The van der Waals surface area contributed by atoms with E-state index in [1.807, 2.05) is 16.8 Å². The van der Waals surface area contributed by atoms with Crippen LogP contribution in [0, 0.1) is 5.82 Å². The molecule has 5 nitrogen and oxygen atoms in total. The van der Waals surface area contributed by atoms with E-state index >= 15 is 0 Å². The van der Waals surface area contributed by atoms with E-state index in [2.05, 4.69) is 10.1 Å². The number of nitrogens with zero attached hydrogens (tertiary/aromatic N) is 2. The maximum Gasteiger partial charge on any atom is 0.264 e. The summed E-state index contributed by atoms with van der Waals surface area (Å²) in [5, 5.41) is 7.80. The van der Waals surface area contributed by atoms with Crippen LogP contribution < -0.4 is 4.74 Å². The third-order valence-electron chi connectivity index (χ3n) is 3.83. The molecular weight excluding hydrogens is 367 g/mol. The highest BCUT2D eigenvalue weighted by Gasteiger charge is 2.11. The highest BCUT2D eigenvalue weighted by atomic mass is 32.1. The topological polar surface area (TPSA) is 65.2 Å². The van der Waals surface area contributed by atoms with Crippen LogP contribution in [0.25, 0.3) is 11.4 Å². The van der Waals surface area contributed by atoms with Gasteiger partial charge < -0.3 is 9.26 Å². The molecule has 0 spiro atoms. The standard InChI is InChI=1S/C20H13FN2O3S/c21-16-5-1-13(2-6-16)19(24)14-3-7-17(8-4-14)25-11-18-22-20(23-26-18)15-9-10-27-12-15/h1-10,12H,11H2. The Balaban J connectivity index is 1.39. The van der Waals surface area contributed by atoms with E-state index in [4.69, 9.17) is 9.26 Å². The molecule has 2 aromatic heterocycles. The van der Waals surface area contributed by atoms with Crippen molar-refractivity contribution in [1.29, 1.82) is 0 Å². The summed E-state index contributed by atoms with van der Waals surface area (Å²) in [5.41, 5.74) is 1.82. The molecule has 0 N–H and O–H groups in total. The highest BCUT2D eigenvalue weighted by Crippen LogP contribution is 2.20. The maximum absolute atomic E-state index is 13.0. The Kier molecular flexibility index (Phi) is 4.76. The number of thiophene rings is 1. The number of carbonyl (C=O) groups excluding carboxylic acids is 1. The molecule has 2 heterocycles. The first-order chi connectivity index (χ1) is 13.2. The molecule has 0 amide bonds. The van der Waals surface area contributed by atoms with Gasteiger partial charge in [-0.2, -0.15) is 16.3 Å². The van der Waals surface area contributed by atoms with Crippen LogP contribution in [-0.2, 0) is 6.61 Å². The number of ether oxygens (including phenoxy) is 1. The van der Waals surface area contributed by atoms with Crippen LogP contribution in [0.15, 0.2) is 69.9 Å². The lowest BCUT2D eigenvalue weighted by Gasteiger charge is -2.05. The van der Waals surface area contributed by atoms with Gasteiger partial charge in [0.25, 0.3) is 5.89 Å². The molecule has 0 fully saturated rings. The number of benzene rings is 2. The van der Waals surface area contributed by atoms with Gasteiger partial charge in [-0.3, -0.25) is 4.79 Å². The SMILES string of the molecule is O=C(c1ccc(F)cc1)c1ccc(OCc2nc(-c3ccsc3)no2)cc1. The van der Waals surface area contributed by atoms with Gasteiger partial charge in [0.2, 0.25) is 5.82 Å². The Bertz CT molecular complexity index is 1040. The van der Waals surface area contributed by atoms with Gasteiger partial charge in [-0.25, -0.2) is 4.39 Å². The Morgan fingerprint density at radius 3 is 2.41 bits per heavy atom. The summed E-state index contributed by atoms with van der Waals surface area (Å²) in [4.78, 5) is 16.6. The molecule has 7 heteroatoms. The minimum absolute atomic E-state index is 0.127. The van der Waals surface area contributed by atoms with Crippen molar-refractivity contribution in [3.8, 4) is 17.1 Å². The number of hydrogen-bond donors (Lipinski definition) is 0. The van der Waals surface area contributed by atoms with E-state index in [-0.39, 0.29) is 18.2 Å². The Morgan fingerprint density at radius 1 is 1.04 bits per heavy atom. The summed E-state index contributed by atoms with van der Waals surface area (Å²) in [6, 6.07) is 14.1. The van der Waals surface area contributed by atoms with Gasteiger partial charge in [-0.15, -0.1) is 0 Å². The van der Waals surface area contributed by atoms with Gasteiger partial charge in [0.1, 0.15) is 11.6 Å². The molecule has 2 aromatic carbocycles. The fourth-order valence-corrected chi connectivity index (χ4v) is 3.07. The van der Waals surface area contributed by atoms with E-state index in [1.54, 1.807) is 35.6 Å². The molecule has 0 saturated carbocycles. The molecule has 0 atom stereocenters. The Hall–Kier alpha value is -3.32. The smallest absolute Gasteiger partial charge is 0.264 e. The van der Waals surface area contributed by atoms with Crippen LogP contribution in [0.4, 0.5) is 4.39 Å². The van der Waals surface area contributed by atoms with E-state index in [9.17, 15) is 9.18 Å². The fraction of sp³-hybridized carbons (Fsp3) is 0.0500. The van der Waals surface area contributed by atoms with E-state index < -0.39 is 0 Å². The van der Waals surface area contributed by atoms with Crippen LogP contribution in [0.2, 0.25) is 0 Å². The van der Waals surface area contributed by atoms with Crippen molar-refractivity contribution in [3.05, 3.63) is 88.2 Å². The number of halogens is 1. The van der Waals surface area contributed by atoms with Crippen molar-refractivity contribution in [1.82, 2.24) is 10.1 Å². The molecule has 27 heavy (non-hydrogen) atoms. The minimum atomic E-state index is -0.376. The molecule has 0 aliphatic carbocycles. The second kappa shape index (κ2) is 7.51. The first-order valence-corrected chi connectivity index (χ1v) is 9.01. The predicted molar refractivity (Wildman–Crippen MR) is 98.2 cm³/mol. The van der Waals surface area contributed by atoms with Crippen molar-refractivity contribution in [2.24, 2.45) is 0 Å². The van der Waals surface area contributed by atoms with Crippen LogP contribution in [-0.4, -0.2) is 15.9 Å². The van der Waals surface area contributed by atoms with Gasteiger partial charge in [0, 0.05) is 22.1 Å². The van der Waals surface area contributed by atoms with Crippen LogP contribution >= 0.6 is 11.3 Å². The third kappa shape index (κ3) is 3.93. The number of rotatable bonds is 6. The summed E-state index contributed by atoms with van der Waals surface area (Å²) in [6.45, 7) is 0.127. The van der Waals surface area contributed by atoms with Gasteiger partial charge in [0.05, 0.1) is 0 Å². The average Bonchev–Trinajstić information content (AvgIpc) is 3.38. The van der Waals surface area contributed by atoms with Crippen molar-refractivity contribution in [2.75, 3.05) is 0 Å². The summed E-state index contributed by atoms with van der Waals surface area (Å²) in [5.74, 6) is 0.899. The highest BCUT2D eigenvalue weighted by molar-refractivity contribution is 7.08. The van der Waals surface area contributed by atoms with Crippen LogP contribution in [0.3, 0.4) is 0 Å². The Morgan fingerprint density at radius 2 is 1.74 bits per heavy atom. The van der Waals surface area contributed by atoms with E-state index in [0.717, 1.165) is 5.56 Å². The quantitative estimate of drug-likeness (QED) is 0.452. The van der Waals surface area contributed by atoms with Crippen LogP contribution in [0.1, 0.15) is 21.8 Å². The number of aromatic nitrogens is 2. The summed E-state index contributed by atoms with van der Waals surface area (Å²) in [6.07, 6.45) is 0. The van der Waals surface area contributed by atoms with Crippen molar-refractivity contribution in [3.63, 3.8) is 0 Å². The lowest BCUT2D eigenvalue weighted by molar-refractivity contribution is 0.103. The van der Waals surface area contributed by atoms with Gasteiger partial charge in [-0.1, -0.05) is 5.16 Å². The molecule has 0 bridgehead atoms. The summed E-state index contributed by atoms with van der Waals surface area (Å²) >= 11 is 1.56. The molecule has 4 rings (SSSR count). The van der Waals surface area contributed by atoms with E-state index in [1.165, 1.54) is 24.3 Å². The first kappa shape index (κ1) is 17.1. The molecule has 0 radical (unpaired) electrons. The molecule has 4 aromatic rings. The zero-order valence-electron chi connectivity index (χ0n) is 14.0. The largest absolute Gasteiger partial charge is 0.484 e. The summed E-state index contributed by atoms with van der Waals surface area (Å²) in [7, 11) is 0. The number of hydrogen-bond acceptors (Lipinski definition) is 6. The normalized spacial score (nSPS) is 10.7. The van der Waals surface area contributed by atoms with Crippen molar-refractivity contribution < 1.29 is 18.4 Å². The average molecular weight is 380 g/mol. The monoisotopic (exact) mass is 380 g/mol. The van der Waals surface area contributed by atoms with Gasteiger partial charge >= 0.3 is 0 Å². The third-order valence-corrected chi connectivity index (χ3v) is 4.52. The van der Waals surface area contributed by atoms with Crippen molar-refractivity contribution in [2.45, 2.75) is 6.61 Å². The Labute approximate surface area is 158 Å². The molecule has 0 aliphatic rings. The maximum atomic E-state index is 13.0. The second-order valence-electron chi connectivity index (χ2n) is 5.67. The minimum Gasteiger partial charge on any atom is -0.484 e. The molecule has 134 valence electrons. The first-order valence-electron chi connectivity index (χ1n) is 8.07. The zero-order chi connectivity index (χ0) is 18.6. The zero-order valence-corrected chi connectivity index (χ0v) is 14.8. The van der Waals surface area contributed by atoms with E-state index in [0.29, 0.717) is 28.6 Å². The molecule has 0 saturated heterocycles. The lowest BCUT2D eigenvalue weighted by atomic mass is 10.0. The lowest BCUT2D eigenvalue weighted by Crippen LogP contribution is -2.01. The molecule has 0 unspecified atom stereocenters. The van der Waals surface area contributed by atoms with Crippen molar-refractivity contribution >= 4 is 17.1 Å². The second-order valence-corrected chi connectivity index (χ2v) is 6.45. The number of ketones is 1. The van der Waals surface area contributed by atoms with Gasteiger partial charge in [0.15, 0.2) is 12.4 Å². The summed E-state index contributed by atoms with van der Waals surface area (Å²) < 4.78 is 23.8. The fourth-order valence-electron chi connectivity index (χ4n) is 2.44. The molecule has 0 aliphatic heterocycles. The number of carbonyl (C=O) groups is 1.